The summed E-state index contributed by atoms with van der Waals surface area (Å²) in [4.78, 5) is 33.9. The van der Waals surface area contributed by atoms with Crippen LogP contribution in [0, 0.1) is 23.3 Å². The summed E-state index contributed by atoms with van der Waals surface area (Å²) in [5.74, 6) is -6.36. The minimum Gasteiger partial charge on any atom is -1.00 e. The van der Waals surface area contributed by atoms with Crippen molar-refractivity contribution in [2.75, 3.05) is 0 Å². The molecule has 0 saturated carbocycles. The molecule has 8 bridgehead atoms. The fourth-order valence-corrected chi connectivity index (χ4v) is 5.75. The smallest absolute Gasteiger partial charge is 1.00 e. The summed E-state index contributed by atoms with van der Waals surface area (Å²) in [6, 6.07) is 21.8. The van der Waals surface area contributed by atoms with Gasteiger partial charge in [0.25, 0.3) is 0 Å². The molecule has 0 saturated heterocycles. The molecule has 0 spiro atoms. The molecule has 234 valence electrons. The van der Waals surface area contributed by atoms with E-state index in [1.165, 1.54) is 0 Å². The van der Waals surface area contributed by atoms with Gasteiger partial charge in [-0.25, -0.2) is 47.5 Å². The van der Waals surface area contributed by atoms with Crippen LogP contribution in [0.15, 0.2) is 72.8 Å². The van der Waals surface area contributed by atoms with E-state index in [1.54, 1.807) is 48.5 Å². The molecule has 0 aliphatic carbocycles. The molecule has 7 aromatic rings. The zero-order valence-corrected chi connectivity index (χ0v) is 27.3. The Morgan fingerprint density at radius 1 is 0.375 bits per heavy atom. The number of H-pyrrole nitrogens is 2. The zero-order valence-electron chi connectivity index (χ0n) is 23.8. The quantitative estimate of drug-likeness (QED) is 0.0818. The van der Waals surface area contributed by atoms with Gasteiger partial charge < -0.3 is 47.2 Å². The zero-order chi connectivity index (χ0) is 29.7. The van der Waals surface area contributed by atoms with Crippen LogP contribution in [0.2, 0.25) is 0 Å². The number of nitrogens with one attached hydrogen (secondary N) is 2. The Hall–Kier alpha value is -4.64. The molecule has 0 amide bonds. The van der Waals surface area contributed by atoms with E-state index in [2.05, 4.69) is 29.9 Å². The van der Waals surface area contributed by atoms with Gasteiger partial charge in [0.15, 0.2) is 46.6 Å². The first kappa shape index (κ1) is 34.7. The molecule has 2 aliphatic rings. The Bertz CT molecular complexity index is 2420. The molecule has 0 atom stereocenters. The summed E-state index contributed by atoms with van der Waals surface area (Å²) in [6.07, 6.45) is 0. The fraction of sp³-hybridized carbons (Fsp3) is 0. The number of hydrogen-bond donors (Lipinski definition) is 2. The minimum atomic E-state index is -1.97. The Morgan fingerprint density at radius 3 is 1.02 bits per heavy atom. The SMILES string of the molecule is Fc1c(F)c(F)c2c3nc4nc(nc5[nH]c(nc6nc(nc([nH]3)c2c1F)-c1ccccc1-6)c1ccccc51)-c1ccccc1-4.[Al+3].[Cl-].[Cl-].[Cl-]. The van der Waals surface area contributed by atoms with E-state index in [0.717, 1.165) is 10.8 Å². The molecule has 0 unspecified atom stereocenters. The largest absolute Gasteiger partial charge is 3.00 e. The number of rotatable bonds is 0. The van der Waals surface area contributed by atoms with Crippen LogP contribution in [-0.4, -0.2) is 57.2 Å². The van der Waals surface area contributed by atoms with Gasteiger partial charge in [0.2, 0.25) is 0 Å². The first-order chi connectivity index (χ1) is 21.5. The summed E-state index contributed by atoms with van der Waals surface area (Å²) in [7, 11) is 0. The van der Waals surface area contributed by atoms with Crippen LogP contribution in [-0.2, 0) is 0 Å². The third kappa shape index (κ3) is 4.98. The van der Waals surface area contributed by atoms with E-state index in [0.29, 0.717) is 45.2 Å². The number of aromatic amines is 2. The fourth-order valence-electron chi connectivity index (χ4n) is 5.75. The van der Waals surface area contributed by atoms with Crippen molar-refractivity contribution < 1.29 is 54.8 Å². The molecule has 16 heteroatoms. The maximum atomic E-state index is 15.4. The van der Waals surface area contributed by atoms with E-state index < -0.39 is 34.0 Å². The van der Waals surface area contributed by atoms with Crippen LogP contribution < -0.4 is 37.2 Å². The van der Waals surface area contributed by atoms with Gasteiger partial charge in [-0.15, -0.1) is 0 Å². The van der Waals surface area contributed by atoms with Crippen LogP contribution in [0.1, 0.15) is 0 Å². The maximum absolute atomic E-state index is 15.4. The van der Waals surface area contributed by atoms with Crippen molar-refractivity contribution in [1.29, 1.82) is 0 Å². The molecule has 0 radical (unpaired) electrons. The van der Waals surface area contributed by atoms with Crippen LogP contribution in [0.3, 0.4) is 0 Å². The van der Waals surface area contributed by atoms with E-state index in [9.17, 15) is 8.78 Å². The third-order valence-electron chi connectivity index (χ3n) is 7.76. The predicted molar refractivity (Wildman–Crippen MR) is 162 cm³/mol. The summed E-state index contributed by atoms with van der Waals surface area (Å²) in [5.41, 5.74) is 2.73. The van der Waals surface area contributed by atoms with Crippen molar-refractivity contribution in [3.8, 4) is 45.6 Å². The number of aromatic nitrogens is 8. The summed E-state index contributed by atoms with van der Waals surface area (Å²) in [5, 5.41) is 0.346. The Labute approximate surface area is 296 Å². The van der Waals surface area contributed by atoms with Gasteiger partial charge in [0.1, 0.15) is 22.6 Å². The van der Waals surface area contributed by atoms with Gasteiger partial charge in [0.05, 0.1) is 10.8 Å². The van der Waals surface area contributed by atoms with Gasteiger partial charge in [-0.3, -0.25) is 0 Å². The monoisotopic (exact) mass is 718 g/mol. The van der Waals surface area contributed by atoms with Crippen LogP contribution in [0.25, 0.3) is 89.7 Å². The van der Waals surface area contributed by atoms with Gasteiger partial charge in [0, 0.05) is 33.0 Å². The molecule has 8 nitrogen and oxygen atoms in total. The first-order valence-electron chi connectivity index (χ1n) is 13.4. The molecular weight excluding hydrogens is 706 g/mol. The molecule has 2 N–H and O–H groups in total. The molecular formula is C32H14AlCl3F4N8. The normalized spacial score (nSPS) is 11.1. The predicted octanol–water partition coefficient (Wildman–Crippen LogP) is -1.94. The minimum absolute atomic E-state index is 0. The van der Waals surface area contributed by atoms with E-state index >= 15 is 8.78 Å². The summed E-state index contributed by atoms with van der Waals surface area (Å²) < 4.78 is 59.9. The number of benzene rings is 4. The van der Waals surface area contributed by atoms with Crippen molar-refractivity contribution in [2.45, 2.75) is 0 Å². The molecule has 0 fully saturated rings. The van der Waals surface area contributed by atoms with Crippen LogP contribution >= 0.6 is 0 Å². The average molecular weight is 720 g/mol. The van der Waals surface area contributed by atoms with Gasteiger partial charge in [-0.2, -0.15) is 0 Å². The van der Waals surface area contributed by atoms with E-state index in [1.807, 2.05) is 24.3 Å². The Balaban J connectivity index is 0.00000113. The number of halogens is 7. The number of nitrogens with zero attached hydrogens (tertiary/aromatic N) is 6. The van der Waals surface area contributed by atoms with Crippen molar-refractivity contribution in [2.24, 2.45) is 0 Å². The van der Waals surface area contributed by atoms with Crippen molar-refractivity contribution in [3.63, 3.8) is 0 Å². The average Bonchev–Trinajstić information content (AvgIpc) is 3.78. The summed E-state index contributed by atoms with van der Waals surface area (Å²) in [6.45, 7) is 0. The molecule has 48 heavy (non-hydrogen) atoms. The third-order valence-corrected chi connectivity index (χ3v) is 7.76. The Kier molecular flexibility index (Phi) is 9.22. The standard InChI is InChI=1S/C32H14F4N8.Al.3ClH/c33-21-19-20(22(34)24(36)23(21)35)32-43-30-18-12-6-4-10-16(18)28(41-30)39-26-14-8-2-1-7-13(14)25(37-26)38-27-15-9-3-5-11-17(15)29(40-27)42-31(19)44-32;;;;/h1-12H,(H2,37,38,39,40,41,42,43,44);;3*1H/q;+3;;;/p-3. The molecule has 2 aliphatic heterocycles. The maximum Gasteiger partial charge on any atom is 3.00 e. The second kappa shape index (κ2) is 12.8. The van der Waals surface area contributed by atoms with Crippen molar-refractivity contribution in [1.82, 2.24) is 39.9 Å². The first-order valence-corrected chi connectivity index (χ1v) is 13.4. The topological polar surface area (TPSA) is 109 Å². The van der Waals surface area contributed by atoms with E-state index in [4.69, 9.17) is 9.97 Å². The van der Waals surface area contributed by atoms with E-state index in [-0.39, 0.29) is 77.5 Å². The van der Waals surface area contributed by atoms with Crippen LogP contribution in [0.4, 0.5) is 17.6 Å². The number of hydrogen-bond acceptors (Lipinski definition) is 6. The molecule has 3 aromatic heterocycles. The second-order valence-corrected chi connectivity index (χ2v) is 10.3. The molecule has 9 rings (SSSR count). The molecule has 4 aromatic carbocycles. The van der Waals surface area contributed by atoms with Crippen LogP contribution in [0.5, 0.6) is 0 Å². The van der Waals surface area contributed by atoms with Gasteiger partial charge >= 0.3 is 17.4 Å². The Morgan fingerprint density at radius 2 is 0.667 bits per heavy atom. The van der Waals surface area contributed by atoms with Gasteiger partial charge in [-0.1, -0.05) is 72.8 Å². The van der Waals surface area contributed by atoms with Gasteiger partial charge in [-0.05, 0) is 0 Å². The molecule has 5 heterocycles. The number of fused-ring (bicyclic) bond motifs is 20. The van der Waals surface area contributed by atoms with Crippen molar-refractivity contribution >= 4 is 61.5 Å². The van der Waals surface area contributed by atoms with Crippen molar-refractivity contribution in [3.05, 3.63) is 96.1 Å². The second-order valence-electron chi connectivity index (χ2n) is 10.3. The summed E-state index contributed by atoms with van der Waals surface area (Å²) >= 11 is 0.